The summed E-state index contributed by atoms with van der Waals surface area (Å²) >= 11 is 12.1. The van der Waals surface area contributed by atoms with Gasteiger partial charge in [0.15, 0.2) is 0 Å². The minimum Gasteiger partial charge on any atom is -0.492 e. The fraction of sp³-hybridized carbons (Fsp3) is 0.440. The number of sulfonamides is 1. The smallest absolute Gasteiger partial charge is 0.242 e. The lowest BCUT2D eigenvalue weighted by Gasteiger charge is -2.29. The van der Waals surface area contributed by atoms with Crippen molar-refractivity contribution in [2.75, 3.05) is 30.3 Å². The van der Waals surface area contributed by atoms with E-state index in [4.69, 9.17) is 27.9 Å². The third kappa shape index (κ3) is 8.28. The van der Waals surface area contributed by atoms with Crippen LogP contribution in [0.2, 0.25) is 10.0 Å². The fourth-order valence-corrected chi connectivity index (χ4v) is 4.95. The van der Waals surface area contributed by atoms with Crippen molar-refractivity contribution < 1.29 is 22.7 Å². The van der Waals surface area contributed by atoms with Gasteiger partial charge in [-0.1, -0.05) is 41.4 Å². The van der Waals surface area contributed by atoms with Crippen LogP contribution in [-0.4, -0.2) is 57.1 Å². The van der Waals surface area contributed by atoms with Crippen molar-refractivity contribution in [3.05, 3.63) is 58.1 Å². The number of nitrogens with zero attached hydrogens (tertiary/aromatic N) is 2. The van der Waals surface area contributed by atoms with Gasteiger partial charge >= 0.3 is 0 Å². The molecule has 2 rings (SSSR count). The van der Waals surface area contributed by atoms with Crippen molar-refractivity contribution in [1.82, 2.24) is 10.2 Å². The van der Waals surface area contributed by atoms with E-state index in [0.29, 0.717) is 34.6 Å². The Labute approximate surface area is 223 Å². The van der Waals surface area contributed by atoms with E-state index >= 15 is 0 Å². The molecule has 0 fully saturated rings. The number of nitrogens with one attached hydrogen (secondary N) is 1. The SMILES string of the molecule is CCNC(=O)[C@@H](C)N(Cc1ccc(Cl)c(Cl)c1)C(=O)CCCN(c1ccccc1OCC)S(C)(=O)=O. The van der Waals surface area contributed by atoms with Crippen LogP contribution in [0.15, 0.2) is 42.5 Å². The lowest BCUT2D eigenvalue weighted by molar-refractivity contribution is -0.140. The summed E-state index contributed by atoms with van der Waals surface area (Å²) in [6, 6.07) is 11.2. The molecule has 198 valence electrons. The molecule has 0 aliphatic rings. The molecular weight excluding hydrogens is 525 g/mol. The Morgan fingerprint density at radius 3 is 2.39 bits per heavy atom. The third-order valence-electron chi connectivity index (χ3n) is 5.44. The van der Waals surface area contributed by atoms with Crippen molar-refractivity contribution in [2.24, 2.45) is 0 Å². The summed E-state index contributed by atoms with van der Waals surface area (Å²) in [6.07, 6.45) is 1.39. The van der Waals surface area contributed by atoms with Gasteiger partial charge in [0.25, 0.3) is 0 Å². The van der Waals surface area contributed by atoms with E-state index in [2.05, 4.69) is 5.32 Å². The maximum Gasteiger partial charge on any atom is 0.242 e. The highest BCUT2D eigenvalue weighted by Crippen LogP contribution is 2.30. The minimum absolute atomic E-state index is 0.0356. The molecule has 0 saturated carbocycles. The topological polar surface area (TPSA) is 96.0 Å². The van der Waals surface area contributed by atoms with Crippen LogP contribution in [0.25, 0.3) is 0 Å². The molecule has 0 spiro atoms. The van der Waals surface area contributed by atoms with Gasteiger partial charge in [-0.25, -0.2) is 8.42 Å². The molecule has 8 nitrogen and oxygen atoms in total. The number of anilines is 1. The van der Waals surface area contributed by atoms with Gasteiger partial charge in [-0.3, -0.25) is 13.9 Å². The van der Waals surface area contributed by atoms with Crippen LogP contribution >= 0.6 is 23.2 Å². The Balaban J connectivity index is 2.21. The van der Waals surface area contributed by atoms with E-state index in [1.807, 2.05) is 6.92 Å². The Hall–Kier alpha value is -2.49. The summed E-state index contributed by atoms with van der Waals surface area (Å²) in [5.74, 6) is -0.122. The zero-order valence-electron chi connectivity index (χ0n) is 21.0. The number of benzene rings is 2. The van der Waals surface area contributed by atoms with E-state index in [-0.39, 0.29) is 37.7 Å². The zero-order valence-corrected chi connectivity index (χ0v) is 23.3. The fourth-order valence-electron chi connectivity index (χ4n) is 3.66. The van der Waals surface area contributed by atoms with E-state index in [0.717, 1.165) is 11.8 Å². The summed E-state index contributed by atoms with van der Waals surface area (Å²) < 4.78 is 32.0. The van der Waals surface area contributed by atoms with Gasteiger partial charge in [0.2, 0.25) is 21.8 Å². The Bertz CT molecular complexity index is 1160. The number of hydrogen-bond acceptors (Lipinski definition) is 5. The van der Waals surface area contributed by atoms with Crippen molar-refractivity contribution in [1.29, 1.82) is 0 Å². The molecule has 1 N–H and O–H groups in total. The molecule has 1 atom stereocenters. The van der Waals surface area contributed by atoms with Gasteiger partial charge in [-0.2, -0.15) is 0 Å². The van der Waals surface area contributed by atoms with E-state index in [1.54, 1.807) is 56.3 Å². The normalized spacial score (nSPS) is 12.1. The quantitative estimate of drug-likeness (QED) is 0.391. The Morgan fingerprint density at radius 2 is 1.78 bits per heavy atom. The number of amides is 2. The predicted octanol–water partition coefficient (Wildman–Crippen LogP) is 4.49. The summed E-state index contributed by atoms with van der Waals surface area (Å²) in [5.41, 5.74) is 1.13. The summed E-state index contributed by atoms with van der Waals surface area (Å²) in [5, 5.41) is 3.48. The highest BCUT2D eigenvalue weighted by molar-refractivity contribution is 7.92. The van der Waals surface area contributed by atoms with Crippen molar-refractivity contribution in [3.63, 3.8) is 0 Å². The Kier molecular flexibility index (Phi) is 11.3. The van der Waals surface area contributed by atoms with Crippen molar-refractivity contribution in [2.45, 2.75) is 46.2 Å². The molecule has 0 aliphatic carbocycles. The molecule has 2 amide bonds. The zero-order chi connectivity index (χ0) is 26.9. The lowest BCUT2D eigenvalue weighted by Crippen LogP contribution is -2.47. The molecule has 2 aromatic carbocycles. The predicted molar refractivity (Wildman–Crippen MR) is 144 cm³/mol. The second kappa shape index (κ2) is 13.7. The number of carbonyl (C=O) groups is 2. The van der Waals surface area contributed by atoms with Gasteiger partial charge in [0.1, 0.15) is 11.8 Å². The third-order valence-corrected chi connectivity index (χ3v) is 7.36. The molecule has 0 radical (unpaired) electrons. The van der Waals surface area contributed by atoms with Crippen LogP contribution in [0.3, 0.4) is 0 Å². The molecule has 0 aliphatic heterocycles. The molecule has 2 aromatic rings. The maximum absolute atomic E-state index is 13.3. The van der Waals surface area contributed by atoms with Crippen molar-refractivity contribution in [3.8, 4) is 5.75 Å². The number of halogens is 2. The van der Waals surface area contributed by atoms with Gasteiger partial charge in [0.05, 0.1) is 28.6 Å². The number of ether oxygens (including phenoxy) is 1. The summed E-state index contributed by atoms with van der Waals surface area (Å²) in [4.78, 5) is 27.3. The second-order valence-electron chi connectivity index (χ2n) is 8.18. The first kappa shape index (κ1) is 29.7. The molecule has 0 aromatic heterocycles. The summed E-state index contributed by atoms with van der Waals surface area (Å²) in [6.45, 7) is 6.31. The number of hydrogen-bond donors (Lipinski definition) is 1. The monoisotopic (exact) mass is 557 g/mol. The molecule has 0 saturated heterocycles. The van der Waals surface area contributed by atoms with Crippen LogP contribution < -0.4 is 14.4 Å². The highest BCUT2D eigenvalue weighted by Gasteiger charge is 2.27. The Morgan fingerprint density at radius 1 is 1.08 bits per heavy atom. The molecular formula is C25H33Cl2N3O5S. The maximum atomic E-state index is 13.3. The second-order valence-corrected chi connectivity index (χ2v) is 10.9. The van der Waals surface area contributed by atoms with Gasteiger partial charge < -0.3 is 15.0 Å². The molecule has 36 heavy (non-hydrogen) atoms. The van der Waals surface area contributed by atoms with Crippen LogP contribution in [0.5, 0.6) is 5.75 Å². The van der Waals surface area contributed by atoms with Crippen LogP contribution in [0.4, 0.5) is 5.69 Å². The largest absolute Gasteiger partial charge is 0.492 e. The van der Waals surface area contributed by atoms with Crippen LogP contribution in [0.1, 0.15) is 39.2 Å². The molecule has 0 unspecified atom stereocenters. The van der Waals surface area contributed by atoms with E-state index < -0.39 is 16.1 Å². The average Bonchev–Trinajstić information content (AvgIpc) is 2.82. The number of rotatable bonds is 13. The molecule has 0 bridgehead atoms. The van der Waals surface area contributed by atoms with E-state index in [9.17, 15) is 18.0 Å². The highest BCUT2D eigenvalue weighted by atomic mass is 35.5. The van der Waals surface area contributed by atoms with Crippen LogP contribution in [-0.2, 0) is 26.2 Å². The first-order chi connectivity index (χ1) is 17.0. The molecule has 0 heterocycles. The van der Waals surface area contributed by atoms with Gasteiger partial charge in [-0.05, 0) is 57.0 Å². The standard InChI is InChI=1S/C25H33Cl2N3O5S/c1-5-28-25(32)18(3)29(17-19-13-14-20(26)21(27)16-19)24(31)12-9-15-30(36(4,33)34)22-10-7-8-11-23(22)35-6-2/h7-8,10-11,13-14,16,18H,5-6,9,12,15,17H2,1-4H3,(H,28,32)/t18-/m1/s1. The van der Waals surface area contributed by atoms with Gasteiger partial charge in [-0.15, -0.1) is 0 Å². The number of carbonyl (C=O) groups excluding carboxylic acids is 2. The van der Waals surface area contributed by atoms with Crippen LogP contribution in [0, 0.1) is 0 Å². The number of likely N-dealkylation sites (N-methyl/N-ethyl adjacent to an activating group) is 1. The molecule has 11 heteroatoms. The summed E-state index contributed by atoms with van der Waals surface area (Å²) in [7, 11) is -3.63. The number of para-hydroxylation sites is 2. The first-order valence-electron chi connectivity index (χ1n) is 11.7. The average molecular weight is 559 g/mol. The lowest BCUT2D eigenvalue weighted by atomic mass is 10.1. The van der Waals surface area contributed by atoms with Gasteiger partial charge in [0, 0.05) is 26.1 Å². The first-order valence-corrected chi connectivity index (χ1v) is 14.3. The van der Waals surface area contributed by atoms with Crippen molar-refractivity contribution >= 4 is 50.7 Å². The minimum atomic E-state index is -3.63. The van der Waals surface area contributed by atoms with E-state index in [1.165, 1.54) is 9.21 Å².